The quantitative estimate of drug-likeness (QED) is 0.729. The van der Waals surface area contributed by atoms with Crippen LogP contribution in [0.1, 0.15) is 22.1 Å². The van der Waals surface area contributed by atoms with Crippen molar-refractivity contribution in [3.05, 3.63) is 53.6 Å². The monoisotopic (exact) mass is 394 g/mol. The molecule has 0 fully saturated rings. The molecule has 0 amide bonds. The standard InChI is InChI=1S/C12H9Br2ClOS/c1-6-2-3-8(13)7(4-6)11(16)10-5-9(14)12(15)17-10/h2-5,11,16H,1H3. The van der Waals surface area contributed by atoms with E-state index in [0.29, 0.717) is 4.34 Å². The van der Waals surface area contributed by atoms with Gasteiger partial charge in [0.1, 0.15) is 10.4 Å². The van der Waals surface area contributed by atoms with Crippen LogP contribution in [-0.2, 0) is 0 Å². The van der Waals surface area contributed by atoms with E-state index in [1.807, 2.05) is 31.2 Å². The number of aliphatic hydroxyl groups is 1. The molecule has 0 spiro atoms. The normalized spacial score (nSPS) is 12.8. The summed E-state index contributed by atoms with van der Waals surface area (Å²) in [6.07, 6.45) is -0.655. The van der Waals surface area contributed by atoms with Crippen molar-refractivity contribution in [2.24, 2.45) is 0 Å². The predicted molar refractivity (Wildman–Crippen MR) is 80.0 cm³/mol. The molecule has 0 saturated heterocycles. The molecule has 0 saturated carbocycles. The minimum Gasteiger partial charge on any atom is -0.383 e. The van der Waals surface area contributed by atoms with Gasteiger partial charge in [-0.3, -0.25) is 0 Å². The number of hydrogen-bond donors (Lipinski definition) is 1. The molecular weight excluding hydrogens is 387 g/mol. The van der Waals surface area contributed by atoms with Gasteiger partial charge in [0.25, 0.3) is 0 Å². The maximum atomic E-state index is 10.3. The fourth-order valence-electron chi connectivity index (χ4n) is 1.52. The Balaban J connectivity index is 2.42. The van der Waals surface area contributed by atoms with E-state index in [-0.39, 0.29) is 0 Å². The Bertz CT molecular complexity index is 534. The lowest BCUT2D eigenvalue weighted by Gasteiger charge is -2.11. The van der Waals surface area contributed by atoms with Gasteiger partial charge in [-0.05, 0) is 35.0 Å². The molecule has 0 aliphatic heterocycles. The first-order valence-electron chi connectivity index (χ1n) is 4.88. The van der Waals surface area contributed by atoms with Crippen LogP contribution >= 0.6 is 54.8 Å². The first-order valence-corrected chi connectivity index (χ1v) is 7.66. The molecule has 2 rings (SSSR count). The van der Waals surface area contributed by atoms with E-state index >= 15 is 0 Å². The summed E-state index contributed by atoms with van der Waals surface area (Å²) in [7, 11) is 0. The first kappa shape index (κ1) is 13.6. The highest BCUT2D eigenvalue weighted by Crippen LogP contribution is 2.39. The molecule has 0 radical (unpaired) electrons. The summed E-state index contributed by atoms with van der Waals surface area (Å²) in [5.41, 5.74) is 1.97. The lowest BCUT2D eigenvalue weighted by atomic mass is 10.1. The van der Waals surface area contributed by atoms with E-state index in [0.717, 1.165) is 24.9 Å². The number of hydrogen-bond acceptors (Lipinski definition) is 2. The van der Waals surface area contributed by atoms with E-state index < -0.39 is 6.10 Å². The van der Waals surface area contributed by atoms with Gasteiger partial charge < -0.3 is 5.11 Å². The summed E-state index contributed by atoms with van der Waals surface area (Å²) >= 11 is 14.2. The number of halogens is 3. The second kappa shape index (κ2) is 5.41. The van der Waals surface area contributed by atoms with Crippen LogP contribution in [0.3, 0.4) is 0 Å². The molecule has 1 aromatic heterocycles. The summed E-state index contributed by atoms with van der Waals surface area (Å²) in [5, 5.41) is 10.3. The van der Waals surface area contributed by atoms with Crippen molar-refractivity contribution in [2.75, 3.05) is 0 Å². The largest absolute Gasteiger partial charge is 0.383 e. The zero-order valence-corrected chi connectivity index (χ0v) is 13.6. The van der Waals surface area contributed by atoms with Crippen molar-refractivity contribution in [3.63, 3.8) is 0 Å². The Kier molecular flexibility index (Phi) is 4.31. The molecule has 1 atom stereocenters. The van der Waals surface area contributed by atoms with Crippen LogP contribution < -0.4 is 0 Å². The second-order valence-corrected chi connectivity index (χ2v) is 7.09. The highest BCUT2D eigenvalue weighted by atomic mass is 79.9. The number of benzene rings is 1. The van der Waals surface area contributed by atoms with Gasteiger partial charge >= 0.3 is 0 Å². The summed E-state index contributed by atoms with van der Waals surface area (Å²) < 4.78 is 2.38. The SMILES string of the molecule is Cc1ccc(Br)c(C(O)c2cc(Br)c(Cl)s2)c1. The van der Waals surface area contributed by atoms with Gasteiger partial charge in [0.2, 0.25) is 0 Å². The summed E-state index contributed by atoms with van der Waals surface area (Å²) in [5.74, 6) is 0. The minimum absolute atomic E-state index is 0.655. The molecule has 1 aromatic carbocycles. The van der Waals surface area contributed by atoms with Crippen molar-refractivity contribution in [1.29, 1.82) is 0 Å². The Morgan fingerprint density at radius 2 is 1.94 bits per heavy atom. The fourth-order valence-corrected chi connectivity index (χ4v) is 3.73. The molecule has 90 valence electrons. The highest BCUT2D eigenvalue weighted by Gasteiger charge is 2.17. The highest BCUT2D eigenvalue weighted by molar-refractivity contribution is 9.10. The van der Waals surface area contributed by atoms with Gasteiger partial charge in [0.05, 0.1) is 0 Å². The summed E-state index contributed by atoms with van der Waals surface area (Å²) in [6, 6.07) is 7.76. The fraction of sp³-hybridized carbons (Fsp3) is 0.167. The van der Waals surface area contributed by atoms with Crippen molar-refractivity contribution >= 4 is 54.8 Å². The maximum Gasteiger partial charge on any atom is 0.114 e. The molecule has 5 heteroatoms. The van der Waals surface area contributed by atoms with Gasteiger partial charge in [0, 0.05) is 19.4 Å². The Labute approximate surface area is 126 Å². The lowest BCUT2D eigenvalue weighted by molar-refractivity contribution is 0.223. The van der Waals surface area contributed by atoms with E-state index in [4.69, 9.17) is 11.6 Å². The van der Waals surface area contributed by atoms with Gasteiger partial charge in [-0.2, -0.15) is 0 Å². The molecule has 17 heavy (non-hydrogen) atoms. The van der Waals surface area contributed by atoms with Crippen LogP contribution in [0.5, 0.6) is 0 Å². The van der Waals surface area contributed by atoms with Crippen LogP contribution in [0.2, 0.25) is 4.34 Å². The summed E-state index contributed by atoms with van der Waals surface area (Å²) in [6.45, 7) is 2.00. The van der Waals surface area contributed by atoms with Crippen LogP contribution in [0.25, 0.3) is 0 Å². The molecule has 0 aliphatic carbocycles. The van der Waals surface area contributed by atoms with E-state index in [9.17, 15) is 5.11 Å². The smallest absolute Gasteiger partial charge is 0.114 e. The molecule has 1 unspecified atom stereocenters. The number of rotatable bonds is 2. The van der Waals surface area contributed by atoms with Gasteiger partial charge in [-0.15, -0.1) is 11.3 Å². The average molecular weight is 397 g/mol. The number of aryl methyl sites for hydroxylation is 1. The van der Waals surface area contributed by atoms with E-state index in [1.54, 1.807) is 0 Å². The topological polar surface area (TPSA) is 20.2 Å². The van der Waals surface area contributed by atoms with E-state index in [1.165, 1.54) is 11.3 Å². The Morgan fingerprint density at radius 3 is 2.53 bits per heavy atom. The minimum atomic E-state index is -0.655. The third-order valence-corrected chi connectivity index (χ3v) is 5.63. The first-order chi connectivity index (χ1) is 7.99. The van der Waals surface area contributed by atoms with Gasteiger partial charge in [-0.1, -0.05) is 45.2 Å². The Hall–Kier alpha value is 0.130. The number of aliphatic hydroxyl groups excluding tert-OH is 1. The van der Waals surface area contributed by atoms with Crippen LogP contribution in [0, 0.1) is 6.92 Å². The lowest BCUT2D eigenvalue weighted by Crippen LogP contribution is -1.98. The van der Waals surface area contributed by atoms with Gasteiger partial charge in [-0.25, -0.2) is 0 Å². The molecule has 0 bridgehead atoms. The molecule has 1 N–H and O–H groups in total. The third kappa shape index (κ3) is 2.93. The van der Waals surface area contributed by atoms with Gasteiger partial charge in [0.15, 0.2) is 0 Å². The molecule has 2 aromatic rings. The van der Waals surface area contributed by atoms with Crippen LogP contribution in [0.4, 0.5) is 0 Å². The molecular formula is C12H9Br2ClOS. The van der Waals surface area contributed by atoms with Crippen LogP contribution in [-0.4, -0.2) is 5.11 Å². The van der Waals surface area contributed by atoms with Crippen molar-refractivity contribution in [3.8, 4) is 0 Å². The van der Waals surface area contributed by atoms with Crippen molar-refractivity contribution in [1.82, 2.24) is 0 Å². The molecule has 1 heterocycles. The van der Waals surface area contributed by atoms with Crippen molar-refractivity contribution < 1.29 is 5.11 Å². The molecule has 0 aliphatic rings. The van der Waals surface area contributed by atoms with Crippen molar-refractivity contribution in [2.45, 2.75) is 13.0 Å². The zero-order chi connectivity index (χ0) is 12.6. The number of thiophene rings is 1. The maximum absolute atomic E-state index is 10.3. The second-order valence-electron chi connectivity index (χ2n) is 3.70. The van der Waals surface area contributed by atoms with E-state index in [2.05, 4.69) is 31.9 Å². The predicted octanol–water partition coefficient (Wildman–Crippen LogP) is 5.32. The van der Waals surface area contributed by atoms with Crippen LogP contribution in [0.15, 0.2) is 33.2 Å². The molecule has 1 nitrogen and oxygen atoms in total. The summed E-state index contributed by atoms with van der Waals surface area (Å²) in [4.78, 5) is 0.827. The third-order valence-electron chi connectivity index (χ3n) is 2.38. The zero-order valence-electron chi connectivity index (χ0n) is 8.88. The Morgan fingerprint density at radius 1 is 1.24 bits per heavy atom. The average Bonchev–Trinajstić information content (AvgIpc) is 2.62.